The lowest BCUT2D eigenvalue weighted by atomic mass is 10.1. The average Bonchev–Trinajstić information content (AvgIpc) is 2.86. The van der Waals surface area contributed by atoms with Crippen LogP contribution >= 0.6 is 11.8 Å². The maximum absolute atomic E-state index is 11.0. The van der Waals surface area contributed by atoms with Crippen molar-refractivity contribution in [3.05, 3.63) is 33.9 Å². The molecule has 0 spiro atoms. The van der Waals surface area contributed by atoms with Crippen LogP contribution in [0.15, 0.2) is 18.2 Å². The van der Waals surface area contributed by atoms with Crippen molar-refractivity contribution in [1.82, 2.24) is 0 Å². The standard InChI is InChI=1S/C13H15N3O2S/c1-19-11-4-3-10(7-11)15-12-5-2-9(8-14)6-13(12)16(17)18/h2,5-6,10-11,15H,3-4,7H2,1H3. The minimum atomic E-state index is -0.440. The third-order valence-corrected chi connectivity index (χ3v) is 4.50. The summed E-state index contributed by atoms with van der Waals surface area (Å²) < 4.78 is 0. The van der Waals surface area contributed by atoms with Gasteiger partial charge in [-0.15, -0.1) is 0 Å². The molecule has 1 aromatic rings. The molecule has 1 fully saturated rings. The van der Waals surface area contributed by atoms with Crippen LogP contribution in [-0.4, -0.2) is 22.5 Å². The Bertz CT molecular complexity index is 527. The summed E-state index contributed by atoms with van der Waals surface area (Å²) in [4.78, 5) is 10.6. The highest BCUT2D eigenvalue weighted by Gasteiger charge is 2.26. The van der Waals surface area contributed by atoms with Crippen molar-refractivity contribution in [3.63, 3.8) is 0 Å². The Balaban J connectivity index is 2.16. The Morgan fingerprint density at radius 1 is 1.53 bits per heavy atom. The topological polar surface area (TPSA) is 79.0 Å². The molecule has 0 radical (unpaired) electrons. The van der Waals surface area contributed by atoms with Gasteiger partial charge in [-0.3, -0.25) is 10.1 Å². The molecule has 0 aliphatic heterocycles. The van der Waals surface area contributed by atoms with Crippen LogP contribution in [0.2, 0.25) is 0 Å². The number of nitrogens with one attached hydrogen (secondary N) is 1. The zero-order valence-electron chi connectivity index (χ0n) is 10.6. The molecular weight excluding hydrogens is 262 g/mol. The number of rotatable bonds is 4. The smallest absolute Gasteiger partial charge is 0.293 e. The van der Waals surface area contributed by atoms with Gasteiger partial charge in [-0.25, -0.2) is 0 Å². The number of benzene rings is 1. The van der Waals surface area contributed by atoms with Crippen LogP contribution < -0.4 is 5.32 Å². The van der Waals surface area contributed by atoms with Crippen molar-refractivity contribution in [2.75, 3.05) is 11.6 Å². The molecule has 0 bridgehead atoms. The van der Waals surface area contributed by atoms with E-state index in [0.717, 1.165) is 19.3 Å². The summed E-state index contributed by atoms with van der Waals surface area (Å²) in [6, 6.07) is 6.76. The van der Waals surface area contributed by atoms with Crippen LogP contribution in [0.4, 0.5) is 11.4 Å². The fourth-order valence-corrected chi connectivity index (χ4v) is 3.18. The molecule has 0 amide bonds. The van der Waals surface area contributed by atoms with Crippen molar-refractivity contribution in [3.8, 4) is 6.07 Å². The molecule has 6 heteroatoms. The molecule has 1 aliphatic carbocycles. The quantitative estimate of drug-likeness (QED) is 0.675. The van der Waals surface area contributed by atoms with Gasteiger partial charge in [0.2, 0.25) is 0 Å². The van der Waals surface area contributed by atoms with Crippen molar-refractivity contribution in [1.29, 1.82) is 5.26 Å². The molecule has 2 atom stereocenters. The molecule has 1 saturated carbocycles. The zero-order valence-corrected chi connectivity index (χ0v) is 11.4. The molecule has 1 N–H and O–H groups in total. The van der Waals surface area contributed by atoms with E-state index in [4.69, 9.17) is 5.26 Å². The first-order chi connectivity index (χ1) is 9.13. The van der Waals surface area contributed by atoms with Crippen LogP contribution in [0.1, 0.15) is 24.8 Å². The predicted octanol–water partition coefficient (Wildman–Crippen LogP) is 3.16. The van der Waals surface area contributed by atoms with E-state index in [-0.39, 0.29) is 11.7 Å². The zero-order chi connectivity index (χ0) is 13.8. The van der Waals surface area contributed by atoms with Gasteiger partial charge in [0.05, 0.1) is 16.6 Å². The summed E-state index contributed by atoms with van der Waals surface area (Å²) >= 11 is 1.85. The van der Waals surface area contributed by atoms with Gasteiger partial charge in [-0.1, -0.05) is 0 Å². The number of thioether (sulfide) groups is 1. The van der Waals surface area contributed by atoms with Crippen LogP contribution in [0.25, 0.3) is 0 Å². The molecule has 1 aliphatic rings. The highest BCUT2D eigenvalue weighted by Crippen LogP contribution is 2.33. The number of hydrogen-bond donors (Lipinski definition) is 1. The highest BCUT2D eigenvalue weighted by molar-refractivity contribution is 7.99. The Morgan fingerprint density at radius 3 is 2.89 bits per heavy atom. The normalized spacial score (nSPS) is 21.9. The third-order valence-electron chi connectivity index (χ3n) is 3.40. The molecule has 5 nitrogen and oxygen atoms in total. The van der Waals surface area contributed by atoms with E-state index >= 15 is 0 Å². The van der Waals surface area contributed by atoms with E-state index in [9.17, 15) is 10.1 Å². The number of nitro groups is 1. The summed E-state index contributed by atoms with van der Waals surface area (Å²) in [5.74, 6) is 0. The summed E-state index contributed by atoms with van der Waals surface area (Å²) in [5.41, 5.74) is 0.799. The molecule has 0 saturated heterocycles. The number of hydrogen-bond acceptors (Lipinski definition) is 5. The summed E-state index contributed by atoms with van der Waals surface area (Å²) in [5, 5.41) is 23.7. The van der Waals surface area contributed by atoms with Crippen LogP contribution in [0.3, 0.4) is 0 Å². The van der Waals surface area contributed by atoms with Gasteiger partial charge in [-0.2, -0.15) is 17.0 Å². The summed E-state index contributed by atoms with van der Waals surface area (Å²) in [7, 11) is 0. The fourth-order valence-electron chi connectivity index (χ4n) is 2.38. The monoisotopic (exact) mass is 277 g/mol. The minimum Gasteiger partial charge on any atom is -0.377 e. The van der Waals surface area contributed by atoms with E-state index in [1.807, 2.05) is 17.8 Å². The van der Waals surface area contributed by atoms with E-state index < -0.39 is 4.92 Å². The molecule has 1 aromatic carbocycles. The van der Waals surface area contributed by atoms with Gasteiger partial charge in [0.25, 0.3) is 5.69 Å². The Morgan fingerprint density at radius 2 is 2.32 bits per heavy atom. The first kappa shape index (κ1) is 13.7. The molecule has 2 rings (SSSR count). The lowest BCUT2D eigenvalue weighted by Gasteiger charge is -2.14. The Kier molecular flexibility index (Phi) is 4.27. The Hall–Kier alpha value is -1.74. The second-order valence-electron chi connectivity index (χ2n) is 4.61. The van der Waals surface area contributed by atoms with Gasteiger partial charge < -0.3 is 5.32 Å². The summed E-state index contributed by atoms with van der Waals surface area (Å²) in [6.45, 7) is 0. The number of nitro benzene ring substituents is 1. The first-order valence-corrected chi connectivity index (χ1v) is 7.40. The number of anilines is 1. The van der Waals surface area contributed by atoms with Crippen molar-refractivity contribution < 1.29 is 4.92 Å². The highest BCUT2D eigenvalue weighted by atomic mass is 32.2. The maximum atomic E-state index is 11.0. The van der Waals surface area contributed by atoms with Crippen LogP contribution in [-0.2, 0) is 0 Å². The van der Waals surface area contributed by atoms with E-state index in [0.29, 0.717) is 16.5 Å². The minimum absolute atomic E-state index is 0.0216. The lowest BCUT2D eigenvalue weighted by Crippen LogP contribution is -2.16. The second-order valence-corrected chi connectivity index (χ2v) is 5.75. The molecule has 0 heterocycles. The van der Waals surface area contributed by atoms with Gasteiger partial charge in [-0.05, 0) is 37.7 Å². The average molecular weight is 277 g/mol. The van der Waals surface area contributed by atoms with E-state index in [1.54, 1.807) is 12.1 Å². The van der Waals surface area contributed by atoms with Crippen molar-refractivity contribution in [2.24, 2.45) is 0 Å². The number of nitriles is 1. The van der Waals surface area contributed by atoms with E-state index in [1.165, 1.54) is 6.07 Å². The third kappa shape index (κ3) is 3.18. The van der Waals surface area contributed by atoms with Crippen molar-refractivity contribution in [2.45, 2.75) is 30.6 Å². The van der Waals surface area contributed by atoms with Gasteiger partial charge in [0.15, 0.2) is 0 Å². The molecule has 100 valence electrons. The van der Waals surface area contributed by atoms with Gasteiger partial charge in [0, 0.05) is 17.4 Å². The van der Waals surface area contributed by atoms with E-state index in [2.05, 4.69) is 11.6 Å². The van der Waals surface area contributed by atoms with Crippen molar-refractivity contribution >= 4 is 23.1 Å². The molecular formula is C13H15N3O2S. The lowest BCUT2D eigenvalue weighted by molar-refractivity contribution is -0.384. The maximum Gasteiger partial charge on any atom is 0.293 e. The summed E-state index contributed by atoms with van der Waals surface area (Å²) in [6.07, 6.45) is 5.29. The molecule has 2 unspecified atom stereocenters. The number of nitrogens with zero attached hydrogens (tertiary/aromatic N) is 2. The first-order valence-electron chi connectivity index (χ1n) is 6.12. The molecule has 0 aromatic heterocycles. The largest absolute Gasteiger partial charge is 0.377 e. The fraction of sp³-hybridized carbons (Fsp3) is 0.462. The second kappa shape index (κ2) is 5.93. The molecule has 19 heavy (non-hydrogen) atoms. The van der Waals surface area contributed by atoms with Gasteiger partial charge >= 0.3 is 0 Å². The van der Waals surface area contributed by atoms with Crippen LogP contribution in [0.5, 0.6) is 0 Å². The van der Waals surface area contributed by atoms with Crippen LogP contribution in [0, 0.1) is 21.4 Å². The SMILES string of the molecule is CSC1CCC(Nc2ccc(C#N)cc2[N+](=O)[O-])C1. The van der Waals surface area contributed by atoms with Gasteiger partial charge in [0.1, 0.15) is 5.69 Å². The Labute approximate surface area is 116 Å². The predicted molar refractivity (Wildman–Crippen MR) is 76.4 cm³/mol.